The lowest BCUT2D eigenvalue weighted by Gasteiger charge is -2.11. The molecule has 0 fully saturated rings. The van der Waals surface area contributed by atoms with Gasteiger partial charge in [0.2, 0.25) is 0 Å². The van der Waals surface area contributed by atoms with Crippen molar-refractivity contribution in [3.05, 3.63) is 57.6 Å². The van der Waals surface area contributed by atoms with Gasteiger partial charge in [-0.25, -0.2) is 4.79 Å². The van der Waals surface area contributed by atoms with Crippen LogP contribution in [0, 0.1) is 13.8 Å². The zero-order valence-electron chi connectivity index (χ0n) is 10.6. The van der Waals surface area contributed by atoms with E-state index in [0.29, 0.717) is 5.75 Å². The molecule has 3 nitrogen and oxygen atoms in total. The summed E-state index contributed by atoms with van der Waals surface area (Å²) in [7, 11) is 0. The lowest BCUT2D eigenvalue weighted by Crippen LogP contribution is -1.97. The quantitative estimate of drug-likeness (QED) is 0.902. The minimum atomic E-state index is -0.936. The van der Waals surface area contributed by atoms with Gasteiger partial charge in [0, 0.05) is 4.47 Å². The van der Waals surface area contributed by atoms with Gasteiger partial charge in [-0.3, -0.25) is 0 Å². The Bertz CT molecular complexity index is 635. The van der Waals surface area contributed by atoms with E-state index in [9.17, 15) is 4.79 Å². The van der Waals surface area contributed by atoms with Crippen LogP contribution in [-0.2, 0) is 0 Å². The van der Waals surface area contributed by atoms with Gasteiger partial charge in [0.05, 0.1) is 5.56 Å². The van der Waals surface area contributed by atoms with E-state index in [1.165, 1.54) is 0 Å². The summed E-state index contributed by atoms with van der Waals surface area (Å²) in [5.74, 6) is 0.485. The average Bonchev–Trinajstić information content (AvgIpc) is 2.34. The molecule has 0 aliphatic heterocycles. The van der Waals surface area contributed by atoms with Crippen LogP contribution in [-0.4, -0.2) is 11.1 Å². The van der Waals surface area contributed by atoms with Crippen molar-refractivity contribution in [1.82, 2.24) is 0 Å². The minimum Gasteiger partial charge on any atom is -0.478 e. The lowest BCUT2D eigenvalue weighted by atomic mass is 10.1. The van der Waals surface area contributed by atoms with Gasteiger partial charge >= 0.3 is 5.97 Å². The number of aromatic carboxylic acids is 1. The molecule has 0 bridgehead atoms. The van der Waals surface area contributed by atoms with Crippen molar-refractivity contribution in [1.29, 1.82) is 0 Å². The molecule has 0 atom stereocenters. The van der Waals surface area contributed by atoms with Crippen molar-refractivity contribution in [3.8, 4) is 11.5 Å². The molecule has 0 saturated heterocycles. The Morgan fingerprint density at radius 1 is 1.05 bits per heavy atom. The predicted molar refractivity (Wildman–Crippen MR) is 77.1 cm³/mol. The summed E-state index contributed by atoms with van der Waals surface area (Å²) in [4.78, 5) is 10.9. The normalized spacial score (nSPS) is 10.3. The van der Waals surface area contributed by atoms with Crippen LogP contribution < -0.4 is 4.74 Å². The van der Waals surface area contributed by atoms with Gasteiger partial charge < -0.3 is 9.84 Å². The maximum absolute atomic E-state index is 10.9. The highest BCUT2D eigenvalue weighted by Crippen LogP contribution is 2.29. The Morgan fingerprint density at radius 3 is 2.16 bits per heavy atom. The zero-order valence-corrected chi connectivity index (χ0v) is 12.2. The van der Waals surface area contributed by atoms with Gasteiger partial charge in [0.25, 0.3) is 0 Å². The van der Waals surface area contributed by atoms with E-state index in [0.717, 1.165) is 21.3 Å². The molecule has 0 aromatic heterocycles. The van der Waals surface area contributed by atoms with Gasteiger partial charge in [0.1, 0.15) is 11.5 Å². The van der Waals surface area contributed by atoms with E-state index in [1.54, 1.807) is 18.2 Å². The van der Waals surface area contributed by atoms with Crippen molar-refractivity contribution in [3.63, 3.8) is 0 Å². The zero-order chi connectivity index (χ0) is 14.0. The molecule has 98 valence electrons. The maximum Gasteiger partial charge on any atom is 0.335 e. The summed E-state index contributed by atoms with van der Waals surface area (Å²) >= 11 is 3.40. The summed E-state index contributed by atoms with van der Waals surface area (Å²) in [5.41, 5.74) is 2.07. The first-order valence-electron chi connectivity index (χ1n) is 5.75. The number of benzene rings is 2. The topological polar surface area (TPSA) is 46.5 Å². The molecule has 2 rings (SSSR count). The number of carboxylic acid groups (broad SMARTS) is 1. The van der Waals surface area contributed by atoms with Gasteiger partial charge in [-0.15, -0.1) is 0 Å². The third-order valence-electron chi connectivity index (χ3n) is 2.78. The van der Waals surface area contributed by atoms with E-state index in [1.807, 2.05) is 32.0 Å². The number of aryl methyl sites for hydroxylation is 2. The van der Waals surface area contributed by atoms with Crippen LogP contribution in [0.2, 0.25) is 0 Å². The fourth-order valence-corrected chi connectivity index (χ4v) is 2.22. The lowest BCUT2D eigenvalue weighted by molar-refractivity contribution is 0.0697. The molecule has 19 heavy (non-hydrogen) atoms. The standard InChI is InChI=1S/C15H13BrO3/c1-9-7-11(15(17)18)3-5-13(9)19-14-6-4-12(16)8-10(14)2/h3-8H,1-2H3,(H,17,18). The van der Waals surface area contributed by atoms with Gasteiger partial charge in [-0.1, -0.05) is 15.9 Å². The van der Waals surface area contributed by atoms with E-state index < -0.39 is 5.97 Å². The molecule has 2 aromatic rings. The van der Waals surface area contributed by atoms with Crippen LogP contribution in [0.4, 0.5) is 0 Å². The fourth-order valence-electron chi connectivity index (χ4n) is 1.74. The highest BCUT2D eigenvalue weighted by molar-refractivity contribution is 9.10. The summed E-state index contributed by atoms with van der Waals surface area (Å²) in [6.07, 6.45) is 0. The van der Waals surface area contributed by atoms with Crippen LogP contribution in [0.25, 0.3) is 0 Å². The molecule has 2 aromatic carbocycles. The first-order chi connectivity index (χ1) is 8.97. The molecule has 1 N–H and O–H groups in total. The summed E-state index contributed by atoms with van der Waals surface area (Å²) < 4.78 is 6.81. The van der Waals surface area contributed by atoms with Crippen molar-refractivity contribution >= 4 is 21.9 Å². The molecule has 0 heterocycles. The van der Waals surface area contributed by atoms with Crippen LogP contribution in [0.5, 0.6) is 11.5 Å². The summed E-state index contributed by atoms with van der Waals surface area (Å²) in [6, 6.07) is 10.6. The van der Waals surface area contributed by atoms with Gasteiger partial charge in [-0.2, -0.15) is 0 Å². The molecule has 0 aliphatic carbocycles. The fraction of sp³-hybridized carbons (Fsp3) is 0.133. The first kappa shape index (κ1) is 13.6. The molecule has 0 amide bonds. The number of halogens is 1. The molecule has 0 unspecified atom stereocenters. The maximum atomic E-state index is 10.9. The number of hydrogen-bond acceptors (Lipinski definition) is 2. The van der Waals surface area contributed by atoms with Crippen LogP contribution >= 0.6 is 15.9 Å². The molecule has 0 spiro atoms. The molecule has 0 radical (unpaired) electrons. The highest BCUT2D eigenvalue weighted by atomic mass is 79.9. The van der Waals surface area contributed by atoms with Crippen LogP contribution in [0.15, 0.2) is 40.9 Å². The Morgan fingerprint density at radius 2 is 1.63 bits per heavy atom. The van der Waals surface area contributed by atoms with Crippen LogP contribution in [0.1, 0.15) is 21.5 Å². The predicted octanol–water partition coefficient (Wildman–Crippen LogP) is 4.56. The summed E-state index contributed by atoms with van der Waals surface area (Å²) in [5, 5.41) is 8.92. The molecule has 4 heteroatoms. The summed E-state index contributed by atoms with van der Waals surface area (Å²) in [6.45, 7) is 3.79. The van der Waals surface area contributed by atoms with Gasteiger partial charge in [0.15, 0.2) is 0 Å². The number of ether oxygens (including phenoxy) is 1. The highest BCUT2D eigenvalue weighted by Gasteiger charge is 2.08. The Labute approximate surface area is 120 Å². The third-order valence-corrected chi connectivity index (χ3v) is 3.27. The molecule has 0 aliphatic rings. The molecule has 0 saturated carbocycles. The second-order valence-electron chi connectivity index (χ2n) is 4.30. The van der Waals surface area contributed by atoms with Crippen molar-refractivity contribution in [2.75, 3.05) is 0 Å². The number of carboxylic acids is 1. The first-order valence-corrected chi connectivity index (χ1v) is 6.54. The van der Waals surface area contributed by atoms with E-state index in [2.05, 4.69) is 15.9 Å². The van der Waals surface area contributed by atoms with Crippen LogP contribution in [0.3, 0.4) is 0 Å². The SMILES string of the molecule is Cc1cc(Br)ccc1Oc1ccc(C(=O)O)cc1C. The van der Waals surface area contributed by atoms with Crippen molar-refractivity contribution in [2.45, 2.75) is 13.8 Å². The average molecular weight is 321 g/mol. The Hall–Kier alpha value is -1.81. The smallest absolute Gasteiger partial charge is 0.335 e. The Kier molecular flexibility index (Phi) is 3.90. The van der Waals surface area contributed by atoms with Crippen molar-refractivity contribution in [2.24, 2.45) is 0 Å². The third kappa shape index (κ3) is 3.15. The van der Waals surface area contributed by atoms with Gasteiger partial charge in [-0.05, 0) is 61.4 Å². The second-order valence-corrected chi connectivity index (χ2v) is 5.21. The minimum absolute atomic E-state index is 0.261. The number of rotatable bonds is 3. The molecular formula is C15H13BrO3. The second kappa shape index (κ2) is 5.45. The number of carbonyl (C=O) groups is 1. The molecular weight excluding hydrogens is 308 g/mol. The Balaban J connectivity index is 2.31. The number of hydrogen-bond donors (Lipinski definition) is 1. The van der Waals surface area contributed by atoms with E-state index >= 15 is 0 Å². The van der Waals surface area contributed by atoms with Crippen molar-refractivity contribution < 1.29 is 14.6 Å². The monoisotopic (exact) mass is 320 g/mol. The van der Waals surface area contributed by atoms with E-state index in [4.69, 9.17) is 9.84 Å². The largest absolute Gasteiger partial charge is 0.478 e. The van der Waals surface area contributed by atoms with E-state index in [-0.39, 0.29) is 5.56 Å².